The van der Waals surface area contributed by atoms with Crippen molar-refractivity contribution < 1.29 is 18.3 Å². The zero-order chi connectivity index (χ0) is 19.3. The molecule has 0 fully saturated rings. The van der Waals surface area contributed by atoms with Crippen molar-refractivity contribution >= 4 is 67.2 Å². The first-order valence-electron chi connectivity index (χ1n) is 7.48. The quantitative estimate of drug-likeness (QED) is 0.266. The van der Waals surface area contributed by atoms with Crippen LogP contribution in [0.15, 0.2) is 30.3 Å². The Morgan fingerprint density at radius 2 is 1.92 bits per heavy atom. The number of aliphatic hydroxyl groups is 1. The molecule has 0 spiro atoms. The third-order valence-electron chi connectivity index (χ3n) is 3.37. The van der Waals surface area contributed by atoms with Gasteiger partial charge in [0.15, 0.2) is 5.75 Å². The fraction of sp³-hybridized carbons (Fsp3) is 0.250. The molecule has 0 atom stereocenters. The molecule has 0 amide bonds. The van der Waals surface area contributed by atoms with Crippen molar-refractivity contribution in [1.82, 2.24) is 0 Å². The summed E-state index contributed by atoms with van der Waals surface area (Å²) in [5, 5.41) is 9.74. The van der Waals surface area contributed by atoms with E-state index < -0.39 is 10.0 Å². The van der Waals surface area contributed by atoms with Crippen LogP contribution in [0.2, 0.25) is 10.0 Å². The first-order valence-corrected chi connectivity index (χ1v) is 11.4. The van der Waals surface area contributed by atoms with Gasteiger partial charge in [-0.15, -0.1) is 0 Å². The van der Waals surface area contributed by atoms with Crippen molar-refractivity contribution in [3.63, 3.8) is 0 Å². The van der Waals surface area contributed by atoms with E-state index >= 15 is 0 Å². The van der Waals surface area contributed by atoms with Crippen LogP contribution in [0.4, 0.5) is 11.4 Å². The monoisotopic (exact) mass is 530 g/mol. The van der Waals surface area contributed by atoms with Crippen LogP contribution in [0.3, 0.4) is 0 Å². The van der Waals surface area contributed by atoms with E-state index in [0.717, 1.165) is 0 Å². The van der Waals surface area contributed by atoms with Crippen LogP contribution in [0.5, 0.6) is 11.5 Å². The zero-order valence-electron chi connectivity index (χ0n) is 13.5. The highest BCUT2D eigenvalue weighted by molar-refractivity contribution is 14.1. The standard InChI is InChI=1S/C16H17Cl2IN2O4S/c17-11-3-4-15(12(18)7-11)25-16-8-13(20)10(2-1-5-22)6-14(16)21-26(23,24)9-19/h3-4,6-8,21-22H,1-2,5,9,20H2. The van der Waals surface area contributed by atoms with E-state index in [1.165, 1.54) is 12.1 Å². The maximum Gasteiger partial charge on any atom is 0.242 e. The number of hydrogen-bond acceptors (Lipinski definition) is 5. The van der Waals surface area contributed by atoms with Gasteiger partial charge in [0.2, 0.25) is 10.0 Å². The summed E-state index contributed by atoms with van der Waals surface area (Å²) in [7, 11) is -3.54. The Bertz CT molecular complexity index is 894. The summed E-state index contributed by atoms with van der Waals surface area (Å²) in [5.41, 5.74) is 7.43. The topological polar surface area (TPSA) is 102 Å². The van der Waals surface area contributed by atoms with Crippen molar-refractivity contribution in [2.45, 2.75) is 12.8 Å². The first-order chi connectivity index (χ1) is 12.3. The lowest BCUT2D eigenvalue weighted by atomic mass is 10.1. The first kappa shape index (κ1) is 21.4. The minimum absolute atomic E-state index is 0.00683. The lowest BCUT2D eigenvalue weighted by molar-refractivity contribution is 0.288. The molecule has 10 heteroatoms. The van der Waals surface area contributed by atoms with Crippen LogP contribution in [-0.4, -0.2) is 23.9 Å². The molecule has 2 aromatic carbocycles. The number of benzene rings is 2. The Kier molecular flexibility index (Phi) is 7.65. The number of halogens is 3. The number of nitrogens with two attached hydrogens (primary N) is 1. The molecule has 0 aliphatic carbocycles. The summed E-state index contributed by atoms with van der Waals surface area (Å²) in [6, 6.07) is 7.84. The second-order valence-corrected chi connectivity index (χ2v) is 9.74. The minimum atomic E-state index is -3.54. The van der Waals surface area contributed by atoms with Crippen molar-refractivity contribution in [2.24, 2.45) is 0 Å². The molecule has 0 saturated carbocycles. The fourth-order valence-electron chi connectivity index (χ4n) is 2.16. The predicted octanol–water partition coefficient (Wildman–Crippen LogP) is 4.43. The fourth-order valence-corrected chi connectivity index (χ4v) is 3.63. The molecule has 26 heavy (non-hydrogen) atoms. The number of rotatable bonds is 8. The van der Waals surface area contributed by atoms with Crippen LogP contribution in [0, 0.1) is 0 Å². The molecule has 0 unspecified atom stereocenters. The third kappa shape index (κ3) is 5.78. The molecule has 142 valence electrons. The largest absolute Gasteiger partial charge is 0.454 e. The Morgan fingerprint density at radius 1 is 1.19 bits per heavy atom. The molecule has 2 aromatic rings. The van der Waals surface area contributed by atoms with Crippen molar-refractivity contribution in [1.29, 1.82) is 0 Å². The van der Waals surface area contributed by atoms with Crippen molar-refractivity contribution in [2.75, 3.05) is 20.8 Å². The highest BCUT2D eigenvalue weighted by atomic mass is 127. The van der Waals surface area contributed by atoms with E-state index in [-0.39, 0.29) is 26.8 Å². The van der Waals surface area contributed by atoms with Crippen LogP contribution >= 0.6 is 45.8 Å². The van der Waals surface area contributed by atoms with Gasteiger partial charge in [0.25, 0.3) is 0 Å². The number of nitrogens with one attached hydrogen (secondary N) is 1. The van der Waals surface area contributed by atoms with Gasteiger partial charge in [-0.2, -0.15) is 0 Å². The molecule has 4 N–H and O–H groups in total. The lowest BCUT2D eigenvalue weighted by Crippen LogP contribution is -2.14. The van der Waals surface area contributed by atoms with Gasteiger partial charge in [0.05, 0.1) is 10.7 Å². The maximum absolute atomic E-state index is 12.0. The SMILES string of the molecule is Nc1cc(Oc2ccc(Cl)cc2Cl)c(NS(=O)(=O)CI)cc1CCCO. The zero-order valence-corrected chi connectivity index (χ0v) is 18.0. The minimum Gasteiger partial charge on any atom is -0.454 e. The summed E-state index contributed by atoms with van der Waals surface area (Å²) in [5.74, 6) is 0.529. The van der Waals surface area contributed by atoms with Gasteiger partial charge in [-0.25, -0.2) is 8.42 Å². The van der Waals surface area contributed by atoms with Crippen LogP contribution in [-0.2, 0) is 16.4 Å². The van der Waals surface area contributed by atoms with E-state index in [4.69, 9.17) is 38.8 Å². The maximum atomic E-state index is 12.0. The highest BCUT2D eigenvalue weighted by Gasteiger charge is 2.17. The number of anilines is 2. The number of sulfonamides is 1. The van der Waals surface area contributed by atoms with Gasteiger partial charge in [-0.1, -0.05) is 45.8 Å². The smallest absolute Gasteiger partial charge is 0.242 e. The van der Waals surface area contributed by atoms with Crippen LogP contribution in [0.25, 0.3) is 0 Å². The van der Waals surface area contributed by atoms with Gasteiger partial charge in [-0.3, -0.25) is 4.72 Å². The van der Waals surface area contributed by atoms with Crippen LogP contribution in [0.1, 0.15) is 12.0 Å². The van der Waals surface area contributed by atoms with Gasteiger partial charge >= 0.3 is 0 Å². The summed E-state index contributed by atoms with van der Waals surface area (Å²) in [6.07, 6.45) is 1.01. The Balaban J connectivity index is 2.46. The number of nitrogen functional groups attached to an aromatic ring is 1. The van der Waals surface area contributed by atoms with Gasteiger partial charge in [-0.05, 0) is 42.7 Å². The summed E-state index contributed by atoms with van der Waals surface area (Å²) >= 11 is 13.8. The molecular weight excluding hydrogens is 514 g/mol. The van der Waals surface area contributed by atoms with E-state index in [0.29, 0.717) is 34.9 Å². The summed E-state index contributed by atoms with van der Waals surface area (Å²) in [6.45, 7) is 0.00683. The highest BCUT2D eigenvalue weighted by Crippen LogP contribution is 2.38. The molecule has 0 saturated heterocycles. The molecular formula is C16H17Cl2IN2O4S. The second-order valence-electron chi connectivity index (χ2n) is 5.38. The second kappa shape index (κ2) is 9.32. The van der Waals surface area contributed by atoms with E-state index in [9.17, 15) is 8.42 Å². The third-order valence-corrected chi connectivity index (χ3v) is 7.18. The number of hydrogen-bond donors (Lipinski definition) is 3. The lowest BCUT2D eigenvalue weighted by Gasteiger charge is -2.17. The molecule has 0 aliphatic rings. The molecule has 0 aliphatic heterocycles. The average Bonchev–Trinajstić information content (AvgIpc) is 2.58. The average molecular weight is 531 g/mol. The van der Waals surface area contributed by atoms with Crippen LogP contribution < -0.4 is 15.2 Å². The molecule has 0 aromatic heterocycles. The van der Waals surface area contributed by atoms with Gasteiger partial charge in [0, 0.05) is 23.4 Å². The predicted molar refractivity (Wildman–Crippen MR) is 114 cm³/mol. The number of alkyl halides is 1. The van der Waals surface area contributed by atoms with E-state index in [1.54, 1.807) is 40.8 Å². The molecule has 6 nitrogen and oxygen atoms in total. The summed E-state index contributed by atoms with van der Waals surface area (Å²) < 4.78 is 32.2. The molecule has 0 radical (unpaired) electrons. The molecule has 0 heterocycles. The van der Waals surface area contributed by atoms with Gasteiger partial charge in [0.1, 0.15) is 9.51 Å². The Hall–Kier alpha value is -0.940. The van der Waals surface area contributed by atoms with Crippen molar-refractivity contribution in [3.05, 3.63) is 45.9 Å². The molecule has 0 bridgehead atoms. The van der Waals surface area contributed by atoms with Gasteiger partial charge < -0.3 is 15.6 Å². The Morgan fingerprint density at radius 3 is 2.54 bits per heavy atom. The number of aryl methyl sites for hydroxylation is 1. The number of aliphatic hydroxyl groups excluding tert-OH is 1. The van der Waals surface area contributed by atoms with E-state index in [1.807, 2.05) is 0 Å². The molecule has 2 rings (SSSR count). The summed E-state index contributed by atoms with van der Waals surface area (Å²) in [4.78, 5) is 0. The van der Waals surface area contributed by atoms with E-state index in [2.05, 4.69) is 4.72 Å². The number of ether oxygens (including phenoxy) is 1. The normalized spacial score (nSPS) is 11.4. The Labute approximate surface area is 175 Å². The van der Waals surface area contributed by atoms with Crippen molar-refractivity contribution in [3.8, 4) is 11.5 Å².